The van der Waals surface area contributed by atoms with Crippen molar-refractivity contribution in [3.8, 4) is 11.4 Å². The van der Waals surface area contributed by atoms with E-state index in [1.54, 1.807) is 13.4 Å². The molecular weight excluding hydrogens is 300 g/mol. The van der Waals surface area contributed by atoms with Crippen LogP contribution in [0.25, 0.3) is 5.69 Å². The van der Waals surface area contributed by atoms with Gasteiger partial charge in [0.15, 0.2) is 5.82 Å². The number of rotatable bonds is 5. The van der Waals surface area contributed by atoms with Crippen molar-refractivity contribution < 1.29 is 4.74 Å². The Morgan fingerprint density at radius 1 is 1.08 bits per heavy atom. The summed E-state index contributed by atoms with van der Waals surface area (Å²) < 4.78 is 7.53. The maximum absolute atomic E-state index is 5.49. The van der Waals surface area contributed by atoms with E-state index in [0.29, 0.717) is 0 Å². The topological polar surface area (TPSA) is 43.2 Å². The predicted octanol–water partition coefficient (Wildman–Crippen LogP) is 3.22. The summed E-state index contributed by atoms with van der Waals surface area (Å²) in [5.41, 5.74) is 2.30. The second-order valence-corrected chi connectivity index (χ2v) is 5.99. The van der Waals surface area contributed by atoms with Crippen molar-refractivity contribution in [3.05, 3.63) is 72.3 Å². The van der Waals surface area contributed by atoms with Crippen LogP contribution in [0.5, 0.6) is 5.75 Å². The van der Waals surface area contributed by atoms with E-state index < -0.39 is 0 Å². The van der Waals surface area contributed by atoms with E-state index in [-0.39, 0.29) is 6.04 Å². The molecule has 5 heteroatoms. The highest BCUT2D eigenvalue weighted by Crippen LogP contribution is 2.35. The zero-order chi connectivity index (χ0) is 16.4. The number of likely N-dealkylation sites (tertiary alicyclic amines) is 1. The number of hydrogen-bond donors (Lipinski definition) is 0. The average Bonchev–Trinajstić information content (AvgIpc) is 3.08. The Balaban J connectivity index is 1.61. The highest BCUT2D eigenvalue weighted by molar-refractivity contribution is 5.47. The maximum Gasteiger partial charge on any atom is 0.154 e. The largest absolute Gasteiger partial charge is 0.495 e. The fourth-order valence-corrected chi connectivity index (χ4v) is 3.23. The molecule has 0 saturated carbocycles. The molecule has 2 heterocycles. The molecule has 0 aliphatic carbocycles. The zero-order valence-corrected chi connectivity index (χ0v) is 13.7. The zero-order valence-electron chi connectivity index (χ0n) is 13.7. The van der Waals surface area contributed by atoms with Crippen molar-refractivity contribution in [1.29, 1.82) is 0 Å². The summed E-state index contributed by atoms with van der Waals surface area (Å²) in [5, 5.41) is 8.55. The first kappa shape index (κ1) is 14.9. The van der Waals surface area contributed by atoms with Gasteiger partial charge in [0.2, 0.25) is 0 Å². The van der Waals surface area contributed by atoms with Crippen molar-refractivity contribution in [2.24, 2.45) is 0 Å². The first-order valence-electron chi connectivity index (χ1n) is 8.18. The van der Waals surface area contributed by atoms with Gasteiger partial charge in [-0.05, 0) is 24.1 Å². The summed E-state index contributed by atoms with van der Waals surface area (Å²) in [6.45, 7) is 2.02. The molecule has 122 valence electrons. The van der Waals surface area contributed by atoms with Crippen molar-refractivity contribution in [3.63, 3.8) is 0 Å². The molecule has 0 spiro atoms. The van der Waals surface area contributed by atoms with Crippen LogP contribution in [0, 0.1) is 0 Å². The summed E-state index contributed by atoms with van der Waals surface area (Å²) in [6, 6.07) is 18.8. The smallest absolute Gasteiger partial charge is 0.154 e. The minimum atomic E-state index is 0.289. The van der Waals surface area contributed by atoms with Crippen LogP contribution < -0.4 is 4.74 Å². The second kappa shape index (κ2) is 6.45. The third-order valence-corrected chi connectivity index (χ3v) is 4.58. The van der Waals surface area contributed by atoms with Crippen LogP contribution in [0.1, 0.15) is 23.9 Å². The van der Waals surface area contributed by atoms with Crippen molar-refractivity contribution >= 4 is 0 Å². The molecule has 4 rings (SSSR count). The van der Waals surface area contributed by atoms with Crippen LogP contribution in [0.2, 0.25) is 0 Å². The van der Waals surface area contributed by atoms with Crippen LogP contribution in [0.3, 0.4) is 0 Å². The van der Waals surface area contributed by atoms with E-state index in [1.807, 2.05) is 28.8 Å². The number of para-hydroxylation sites is 2. The Labute approximate surface area is 141 Å². The van der Waals surface area contributed by atoms with Crippen LogP contribution in [-0.2, 0) is 6.54 Å². The minimum absolute atomic E-state index is 0.289. The lowest BCUT2D eigenvalue weighted by atomic mass is 10.0. The van der Waals surface area contributed by atoms with Gasteiger partial charge in [-0.3, -0.25) is 9.47 Å². The Kier molecular flexibility index (Phi) is 4.01. The highest BCUT2D eigenvalue weighted by atomic mass is 16.5. The average molecular weight is 320 g/mol. The monoisotopic (exact) mass is 320 g/mol. The van der Waals surface area contributed by atoms with Crippen molar-refractivity contribution in [2.45, 2.75) is 19.0 Å². The molecule has 0 N–H and O–H groups in total. The van der Waals surface area contributed by atoms with Crippen LogP contribution in [0.4, 0.5) is 0 Å². The number of aromatic nitrogens is 3. The first-order valence-corrected chi connectivity index (χ1v) is 8.18. The SMILES string of the molecule is COc1ccccc1-n1cnnc1C1CCN1Cc1ccccc1. The van der Waals surface area contributed by atoms with Gasteiger partial charge < -0.3 is 4.74 Å². The molecule has 1 fully saturated rings. The molecule has 1 aliphatic rings. The summed E-state index contributed by atoms with van der Waals surface area (Å²) in [4.78, 5) is 2.44. The van der Waals surface area contributed by atoms with Gasteiger partial charge in [-0.25, -0.2) is 0 Å². The standard InChI is InChI=1S/C19H20N4O/c1-24-18-10-6-5-9-16(18)23-14-20-21-19(23)17-11-12-22(17)13-15-7-3-2-4-8-15/h2-10,14,17H,11-13H2,1H3. The number of ether oxygens (including phenoxy) is 1. The molecule has 1 aliphatic heterocycles. The van der Waals surface area contributed by atoms with Gasteiger partial charge >= 0.3 is 0 Å². The van der Waals surface area contributed by atoms with Crippen molar-refractivity contribution in [2.75, 3.05) is 13.7 Å². The fourth-order valence-electron chi connectivity index (χ4n) is 3.23. The van der Waals surface area contributed by atoms with E-state index in [4.69, 9.17) is 4.74 Å². The first-order chi connectivity index (χ1) is 11.9. The molecular formula is C19H20N4O. The maximum atomic E-state index is 5.49. The molecule has 1 aromatic heterocycles. The quantitative estimate of drug-likeness (QED) is 0.724. The Bertz CT molecular complexity index is 815. The van der Waals surface area contributed by atoms with E-state index in [1.165, 1.54) is 5.56 Å². The molecule has 1 atom stereocenters. The molecule has 0 amide bonds. The van der Waals surface area contributed by atoms with Gasteiger partial charge in [-0.15, -0.1) is 10.2 Å². The van der Waals surface area contributed by atoms with Gasteiger partial charge in [-0.2, -0.15) is 0 Å². The number of nitrogens with zero attached hydrogens (tertiary/aromatic N) is 4. The predicted molar refractivity (Wildman–Crippen MR) is 92.1 cm³/mol. The Morgan fingerprint density at radius 3 is 2.62 bits per heavy atom. The Hall–Kier alpha value is -2.66. The lowest BCUT2D eigenvalue weighted by Crippen LogP contribution is -2.41. The molecule has 0 bridgehead atoms. The molecule has 1 saturated heterocycles. The van der Waals surface area contributed by atoms with Gasteiger partial charge in [-0.1, -0.05) is 42.5 Å². The lowest BCUT2D eigenvalue weighted by molar-refractivity contribution is 0.0739. The molecule has 0 radical (unpaired) electrons. The number of hydrogen-bond acceptors (Lipinski definition) is 4. The van der Waals surface area contributed by atoms with Gasteiger partial charge in [0.1, 0.15) is 12.1 Å². The van der Waals surface area contributed by atoms with E-state index in [0.717, 1.165) is 36.8 Å². The fraction of sp³-hybridized carbons (Fsp3) is 0.263. The third-order valence-electron chi connectivity index (χ3n) is 4.58. The van der Waals surface area contributed by atoms with Crippen LogP contribution in [-0.4, -0.2) is 33.3 Å². The molecule has 2 aromatic carbocycles. The summed E-state index contributed by atoms with van der Waals surface area (Å²) in [6.07, 6.45) is 2.87. The van der Waals surface area contributed by atoms with E-state index in [9.17, 15) is 0 Å². The minimum Gasteiger partial charge on any atom is -0.495 e. The summed E-state index contributed by atoms with van der Waals surface area (Å²) in [5.74, 6) is 1.80. The molecule has 3 aromatic rings. The van der Waals surface area contributed by atoms with Crippen LogP contribution >= 0.6 is 0 Å². The normalized spacial score (nSPS) is 17.5. The van der Waals surface area contributed by atoms with Gasteiger partial charge in [0.25, 0.3) is 0 Å². The Morgan fingerprint density at radius 2 is 1.88 bits per heavy atom. The highest BCUT2D eigenvalue weighted by Gasteiger charge is 2.33. The lowest BCUT2D eigenvalue weighted by Gasteiger charge is -2.40. The molecule has 24 heavy (non-hydrogen) atoms. The number of methoxy groups -OCH3 is 1. The van der Waals surface area contributed by atoms with E-state index in [2.05, 4.69) is 45.4 Å². The molecule has 1 unspecified atom stereocenters. The number of benzene rings is 2. The van der Waals surface area contributed by atoms with E-state index >= 15 is 0 Å². The van der Waals surface area contributed by atoms with Gasteiger partial charge in [0.05, 0.1) is 18.8 Å². The van der Waals surface area contributed by atoms with Gasteiger partial charge in [0, 0.05) is 13.1 Å². The molecule has 5 nitrogen and oxygen atoms in total. The van der Waals surface area contributed by atoms with Crippen molar-refractivity contribution in [1.82, 2.24) is 19.7 Å². The summed E-state index contributed by atoms with van der Waals surface area (Å²) >= 11 is 0. The summed E-state index contributed by atoms with van der Waals surface area (Å²) in [7, 11) is 1.69. The van der Waals surface area contributed by atoms with Crippen LogP contribution in [0.15, 0.2) is 60.9 Å². The second-order valence-electron chi connectivity index (χ2n) is 5.99. The third kappa shape index (κ3) is 2.67.